The van der Waals surface area contributed by atoms with Gasteiger partial charge in [-0.15, -0.1) is 0 Å². The number of rotatable bonds is 13. The van der Waals surface area contributed by atoms with Crippen molar-refractivity contribution < 1.29 is 60.2 Å². The van der Waals surface area contributed by atoms with Crippen LogP contribution in [-0.4, -0.2) is 47.1 Å². The van der Waals surface area contributed by atoms with Gasteiger partial charge in [0.25, 0.3) is 5.91 Å². The quantitative estimate of drug-likeness (QED) is 0.179. The molecule has 2 aromatic rings. The standard InChI is InChI=1S/C27H24F6N2O7/c28-13-4-3-5-14(29)23(13)35-25(40)18(36)11-27(8-1-2-9-27)26(41)34-17(6-7-20(38)39)19(37)12-42-24-21(32)15(30)10-16(31)22(24)33/h3-5,10,17H,1-2,6-9,11-12H2,(H,34,41)(H,35,40)(H,38,39)/t17-/m0/s1. The van der Waals surface area contributed by atoms with Gasteiger partial charge in [0.05, 0.1) is 11.5 Å². The fourth-order valence-electron chi connectivity index (χ4n) is 4.54. The minimum atomic E-state index is -1.93. The summed E-state index contributed by atoms with van der Waals surface area (Å²) in [7, 11) is 0. The van der Waals surface area contributed by atoms with Crippen LogP contribution in [0.25, 0.3) is 0 Å². The summed E-state index contributed by atoms with van der Waals surface area (Å²) >= 11 is 0. The highest BCUT2D eigenvalue weighted by atomic mass is 19.2. The van der Waals surface area contributed by atoms with Crippen molar-refractivity contribution in [1.29, 1.82) is 0 Å². The second-order valence-electron chi connectivity index (χ2n) is 9.65. The summed E-state index contributed by atoms with van der Waals surface area (Å²) in [5.41, 5.74) is -2.43. The van der Waals surface area contributed by atoms with E-state index >= 15 is 0 Å². The first-order valence-corrected chi connectivity index (χ1v) is 12.5. The molecule has 9 nitrogen and oxygen atoms in total. The molecular formula is C27H24F6N2O7. The van der Waals surface area contributed by atoms with Crippen LogP contribution in [0.3, 0.4) is 0 Å². The number of ether oxygens (including phenoxy) is 1. The number of carboxylic acids is 1. The smallest absolute Gasteiger partial charge is 0.303 e. The Balaban J connectivity index is 1.75. The van der Waals surface area contributed by atoms with Crippen LogP contribution in [0.2, 0.25) is 0 Å². The molecule has 0 aromatic heterocycles. The van der Waals surface area contributed by atoms with E-state index in [1.807, 2.05) is 5.32 Å². The zero-order valence-corrected chi connectivity index (χ0v) is 21.7. The molecule has 0 spiro atoms. The Labute approximate surface area is 234 Å². The Bertz CT molecular complexity index is 1370. The Morgan fingerprint density at radius 2 is 1.48 bits per heavy atom. The van der Waals surface area contributed by atoms with E-state index < -0.39 is 113 Å². The van der Waals surface area contributed by atoms with Crippen molar-refractivity contribution in [2.24, 2.45) is 5.41 Å². The zero-order chi connectivity index (χ0) is 31.2. The summed E-state index contributed by atoms with van der Waals surface area (Å²) in [6.45, 7) is -1.23. The molecule has 1 atom stereocenters. The van der Waals surface area contributed by atoms with Crippen molar-refractivity contribution in [3.63, 3.8) is 0 Å². The fraction of sp³-hybridized carbons (Fsp3) is 0.370. The number of benzene rings is 2. The first kappa shape index (κ1) is 32.1. The van der Waals surface area contributed by atoms with Crippen LogP contribution in [0.1, 0.15) is 44.9 Å². The zero-order valence-electron chi connectivity index (χ0n) is 21.7. The number of Topliss-reactive ketones (excluding diaryl/α,β-unsaturated/α-hetero) is 2. The number of anilines is 1. The SMILES string of the molecule is O=C(O)CC[C@H](NC(=O)C1(CC(=O)C(=O)Nc2c(F)cccc2F)CCCC1)C(=O)COc1c(F)c(F)cc(F)c1F. The highest BCUT2D eigenvalue weighted by molar-refractivity contribution is 6.41. The third-order valence-corrected chi connectivity index (χ3v) is 6.77. The lowest BCUT2D eigenvalue weighted by Crippen LogP contribution is -2.50. The number of ketones is 2. The second-order valence-corrected chi connectivity index (χ2v) is 9.65. The Morgan fingerprint density at radius 1 is 0.905 bits per heavy atom. The first-order chi connectivity index (χ1) is 19.8. The van der Waals surface area contributed by atoms with E-state index in [2.05, 4.69) is 10.1 Å². The molecular weight excluding hydrogens is 578 g/mol. The molecule has 0 saturated heterocycles. The Kier molecular flexibility index (Phi) is 10.3. The van der Waals surface area contributed by atoms with Crippen LogP contribution in [0, 0.1) is 40.3 Å². The van der Waals surface area contributed by atoms with Crippen molar-refractivity contribution in [3.05, 3.63) is 59.2 Å². The molecule has 15 heteroatoms. The van der Waals surface area contributed by atoms with E-state index in [1.165, 1.54) is 0 Å². The maximum atomic E-state index is 13.9. The molecule has 0 bridgehead atoms. The summed E-state index contributed by atoms with van der Waals surface area (Å²) in [4.78, 5) is 62.4. The number of carbonyl (C=O) groups is 5. The lowest BCUT2D eigenvalue weighted by Gasteiger charge is -2.29. The molecule has 2 aromatic carbocycles. The summed E-state index contributed by atoms with van der Waals surface area (Å²) in [5.74, 6) is -17.3. The van der Waals surface area contributed by atoms with Crippen molar-refractivity contribution in [3.8, 4) is 5.75 Å². The monoisotopic (exact) mass is 602 g/mol. The Hall–Kier alpha value is -4.43. The average Bonchev–Trinajstić information content (AvgIpc) is 3.41. The van der Waals surface area contributed by atoms with Gasteiger partial charge < -0.3 is 20.5 Å². The molecule has 226 valence electrons. The predicted molar refractivity (Wildman–Crippen MR) is 131 cm³/mol. The van der Waals surface area contributed by atoms with Crippen LogP contribution < -0.4 is 15.4 Å². The number of nitrogens with one attached hydrogen (secondary N) is 2. The number of carbonyl (C=O) groups excluding carboxylic acids is 4. The lowest BCUT2D eigenvalue weighted by molar-refractivity contribution is -0.142. The number of hydrogen-bond donors (Lipinski definition) is 3. The van der Waals surface area contributed by atoms with E-state index in [9.17, 15) is 50.3 Å². The molecule has 3 rings (SSSR count). The third kappa shape index (κ3) is 7.44. The van der Waals surface area contributed by atoms with Gasteiger partial charge in [-0.1, -0.05) is 18.9 Å². The number of para-hydroxylation sites is 1. The van der Waals surface area contributed by atoms with Gasteiger partial charge in [0.1, 0.15) is 23.9 Å². The second kappa shape index (κ2) is 13.5. The minimum Gasteiger partial charge on any atom is -0.481 e. The van der Waals surface area contributed by atoms with Gasteiger partial charge in [-0.25, -0.2) is 17.6 Å². The van der Waals surface area contributed by atoms with Crippen molar-refractivity contribution in [2.45, 2.75) is 51.0 Å². The number of amides is 2. The highest BCUT2D eigenvalue weighted by Gasteiger charge is 2.45. The minimum absolute atomic E-state index is 0.0568. The molecule has 42 heavy (non-hydrogen) atoms. The van der Waals surface area contributed by atoms with Gasteiger partial charge in [-0.2, -0.15) is 8.78 Å². The van der Waals surface area contributed by atoms with Crippen LogP contribution in [0.5, 0.6) is 5.75 Å². The number of carboxylic acid groups (broad SMARTS) is 1. The molecule has 0 radical (unpaired) electrons. The van der Waals surface area contributed by atoms with E-state index in [1.54, 1.807) is 0 Å². The van der Waals surface area contributed by atoms with Gasteiger partial charge in [0, 0.05) is 18.9 Å². The topological polar surface area (TPSA) is 139 Å². The van der Waals surface area contributed by atoms with Crippen molar-refractivity contribution in [2.75, 3.05) is 11.9 Å². The largest absolute Gasteiger partial charge is 0.481 e. The summed E-state index contributed by atoms with van der Waals surface area (Å²) < 4.78 is 87.2. The summed E-state index contributed by atoms with van der Waals surface area (Å²) in [6, 6.07) is 1.01. The van der Waals surface area contributed by atoms with Crippen LogP contribution in [-0.2, 0) is 24.0 Å². The van der Waals surface area contributed by atoms with E-state index in [4.69, 9.17) is 5.11 Å². The van der Waals surface area contributed by atoms with E-state index in [0.29, 0.717) is 12.8 Å². The van der Waals surface area contributed by atoms with Crippen LogP contribution >= 0.6 is 0 Å². The van der Waals surface area contributed by atoms with Gasteiger partial charge in [0.2, 0.25) is 23.3 Å². The van der Waals surface area contributed by atoms with Gasteiger partial charge in [-0.3, -0.25) is 24.0 Å². The molecule has 3 N–H and O–H groups in total. The number of halogens is 6. The van der Waals surface area contributed by atoms with Crippen LogP contribution in [0.15, 0.2) is 24.3 Å². The highest BCUT2D eigenvalue weighted by Crippen LogP contribution is 2.42. The van der Waals surface area contributed by atoms with Crippen molar-refractivity contribution in [1.82, 2.24) is 5.32 Å². The molecule has 1 aliphatic rings. The predicted octanol–water partition coefficient (Wildman–Crippen LogP) is 3.98. The summed E-state index contributed by atoms with van der Waals surface area (Å²) in [5, 5.41) is 13.2. The lowest BCUT2D eigenvalue weighted by atomic mass is 9.79. The summed E-state index contributed by atoms with van der Waals surface area (Å²) in [6.07, 6.45) is -0.979. The first-order valence-electron chi connectivity index (χ1n) is 12.5. The molecule has 1 saturated carbocycles. The fourth-order valence-corrected chi connectivity index (χ4v) is 4.54. The number of aliphatic carboxylic acids is 1. The maximum absolute atomic E-state index is 13.9. The molecule has 0 heterocycles. The van der Waals surface area contributed by atoms with Gasteiger partial charge >= 0.3 is 5.97 Å². The molecule has 1 aliphatic carbocycles. The molecule has 1 fully saturated rings. The van der Waals surface area contributed by atoms with Crippen LogP contribution in [0.4, 0.5) is 32.0 Å². The molecule has 0 unspecified atom stereocenters. The molecule has 0 aliphatic heterocycles. The third-order valence-electron chi connectivity index (χ3n) is 6.77. The molecule has 2 amide bonds. The maximum Gasteiger partial charge on any atom is 0.303 e. The van der Waals surface area contributed by atoms with Gasteiger partial charge in [0.15, 0.2) is 23.2 Å². The average molecular weight is 602 g/mol. The van der Waals surface area contributed by atoms with E-state index in [-0.39, 0.29) is 18.9 Å². The normalized spacial score (nSPS) is 14.6. The van der Waals surface area contributed by atoms with Crippen molar-refractivity contribution >= 4 is 35.0 Å². The van der Waals surface area contributed by atoms with Gasteiger partial charge in [-0.05, 0) is 31.4 Å². The number of hydrogen-bond acceptors (Lipinski definition) is 6. The van der Waals surface area contributed by atoms with E-state index in [0.717, 1.165) is 18.2 Å². The Morgan fingerprint density at radius 3 is 2.02 bits per heavy atom.